The highest BCUT2D eigenvalue weighted by molar-refractivity contribution is 14.1. The Bertz CT molecular complexity index is 337. The fourth-order valence-electron chi connectivity index (χ4n) is 2.22. The van der Waals surface area contributed by atoms with Gasteiger partial charge in [0, 0.05) is 6.54 Å². The summed E-state index contributed by atoms with van der Waals surface area (Å²) >= 11 is 2.32. The largest absolute Gasteiger partial charge is 0.492 e. The molecule has 2 nitrogen and oxygen atoms in total. The molecule has 0 spiro atoms. The maximum Gasteiger partial charge on any atom is 0.132 e. The molecule has 0 aliphatic carbocycles. The summed E-state index contributed by atoms with van der Waals surface area (Å²) < 4.78 is 6.99. The first-order valence-corrected chi connectivity index (χ1v) is 7.54. The number of rotatable bonds is 5. The maximum atomic E-state index is 5.79. The normalized spacial score (nSPS) is 17.0. The van der Waals surface area contributed by atoms with Crippen molar-refractivity contribution in [2.24, 2.45) is 0 Å². The highest BCUT2D eigenvalue weighted by atomic mass is 127. The first kappa shape index (κ1) is 13.1. The molecule has 0 aromatic heterocycles. The van der Waals surface area contributed by atoms with Gasteiger partial charge in [-0.1, -0.05) is 18.6 Å². The minimum atomic E-state index is 0.830. The molecule has 0 amide bonds. The van der Waals surface area contributed by atoms with Crippen LogP contribution in [0.4, 0.5) is 0 Å². The zero-order valence-electron chi connectivity index (χ0n) is 10.2. The number of benzene rings is 1. The van der Waals surface area contributed by atoms with Crippen molar-refractivity contribution in [2.75, 3.05) is 26.2 Å². The van der Waals surface area contributed by atoms with Gasteiger partial charge in [-0.25, -0.2) is 0 Å². The third kappa shape index (κ3) is 4.47. The van der Waals surface area contributed by atoms with E-state index in [0.717, 1.165) is 18.8 Å². The van der Waals surface area contributed by atoms with Gasteiger partial charge < -0.3 is 9.64 Å². The van der Waals surface area contributed by atoms with Crippen LogP contribution in [0, 0.1) is 3.57 Å². The summed E-state index contributed by atoms with van der Waals surface area (Å²) in [5.41, 5.74) is 0. The van der Waals surface area contributed by atoms with Crippen LogP contribution in [0.25, 0.3) is 0 Å². The Balaban J connectivity index is 1.64. The number of hydrogen-bond donors (Lipinski definition) is 0. The van der Waals surface area contributed by atoms with Gasteiger partial charge in [-0.15, -0.1) is 0 Å². The summed E-state index contributed by atoms with van der Waals surface area (Å²) in [4.78, 5) is 2.56. The predicted octanol–water partition coefficient (Wildman–Crippen LogP) is 3.55. The topological polar surface area (TPSA) is 12.5 Å². The first-order chi connectivity index (χ1) is 8.36. The first-order valence-electron chi connectivity index (χ1n) is 6.46. The SMILES string of the molecule is Ic1ccccc1OCCCN1CCCCC1. The molecule has 0 atom stereocenters. The highest BCUT2D eigenvalue weighted by Crippen LogP contribution is 2.19. The van der Waals surface area contributed by atoms with Crippen LogP contribution in [0.3, 0.4) is 0 Å². The number of hydrogen-bond acceptors (Lipinski definition) is 2. The van der Waals surface area contributed by atoms with E-state index in [9.17, 15) is 0 Å². The second-order valence-corrected chi connectivity index (χ2v) is 5.70. The number of likely N-dealkylation sites (tertiary alicyclic amines) is 1. The van der Waals surface area contributed by atoms with Crippen LogP contribution in [-0.4, -0.2) is 31.1 Å². The number of ether oxygens (including phenoxy) is 1. The van der Waals surface area contributed by atoms with Crippen molar-refractivity contribution in [1.29, 1.82) is 0 Å². The van der Waals surface area contributed by atoms with Crippen LogP contribution < -0.4 is 4.74 Å². The molecule has 1 aliphatic rings. The van der Waals surface area contributed by atoms with E-state index in [1.807, 2.05) is 18.2 Å². The molecule has 2 rings (SSSR count). The van der Waals surface area contributed by atoms with Crippen molar-refractivity contribution in [1.82, 2.24) is 4.90 Å². The second kappa shape index (κ2) is 7.21. The molecular formula is C14H20INO. The third-order valence-electron chi connectivity index (χ3n) is 3.16. The molecule has 1 fully saturated rings. The Kier molecular flexibility index (Phi) is 5.58. The molecule has 1 aliphatic heterocycles. The van der Waals surface area contributed by atoms with Crippen LogP contribution in [-0.2, 0) is 0 Å². The Labute approximate surface area is 117 Å². The monoisotopic (exact) mass is 345 g/mol. The zero-order chi connectivity index (χ0) is 11.9. The molecule has 1 aromatic rings. The van der Waals surface area contributed by atoms with Crippen LogP contribution >= 0.6 is 22.6 Å². The molecule has 1 aromatic carbocycles. The third-order valence-corrected chi connectivity index (χ3v) is 4.05. The lowest BCUT2D eigenvalue weighted by molar-refractivity contribution is 0.204. The number of nitrogens with zero attached hydrogens (tertiary/aromatic N) is 1. The summed E-state index contributed by atoms with van der Waals surface area (Å²) in [7, 11) is 0. The lowest BCUT2D eigenvalue weighted by Gasteiger charge is -2.26. The molecule has 0 saturated carbocycles. The fraction of sp³-hybridized carbons (Fsp3) is 0.571. The predicted molar refractivity (Wildman–Crippen MR) is 79.6 cm³/mol. The van der Waals surface area contributed by atoms with Gasteiger partial charge in [0.1, 0.15) is 5.75 Å². The van der Waals surface area contributed by atoms with Crippen molar-refractivity contribution in [2.45, 2.75) is 25.7 Å². The van der Waals surface area contributed by atoms with E-state index >= 15 is 0 Å². The van der Waals surface area contributed by atoms with Crippen molar-refractivity contribution < 1.29 is 4.74 Å². The molecule has 94 valence electrons. The molecular weight excluding hydrogens is 325 g/mol. The lowest BCUT2D eigenvalue weighted by atomic mass is 10.1. The van der Waals surface area contributed by atoms with Crippen molar-refractivity contribution >= 4 is 22.6 Å². The molecule has 0 N–H and O–H groups in total. The average Bonchev–Trinajstić information content (AvgIpc) is 2.38. The van der Waals surface area contributed by atoms with Crippen LogP contribution in [0.1, 0.15) is 25.7 Å². The Morgan fingerprint density at radius 1 is 1.12 bits per heavy atom. The molecule has 17 heavy (non-hydrogen) atoms. The minimum Gasteiger partial charge on any atom is -0.492 e. The lowest BCUT2D eigenvalue weighted by Crippen LogP contribution is -2.31. The zero-order valence-corrected chi connectivity index (χ0v) is 12.4. The Morgan fingerprint density at radius 3 is 2.65 bits per heavy atom. The Morgan fingerprint density at radius 2 is 1.88 bits per heavy atom. The minimum absolute atomic E-state index is 0.830. The summed E-state index contributed by atoms with van der Waals surface area (Å²) in [6.45, 7) is 4.58. The number of piperidine rings is 1. The van der Waals surface area contributed by atoms with Gasteiger partial charge >= 0.3 is 0 Å². The number of halogens is 1. The van der Waals surface area contributed by atoms with Crippen molar-refractivity contribution in [3.8, 4) is 5.75 Å². The molecule has 0 bridgehead atoms. The van der Waals surface area contributed by atoms with Gasteiger partial charge in [-0.2, -0.15) is 0 Å². The van der Waals surface area contributed by atoms with Gasteiger partial charge in [0.2, 0.25) is 0 Å². The van der Waals surface area contributed by atoms with Gasteiger partial charge in [0.05, 0.1) is 10.2 Å². The molecule has 0 radical (unpaired) electrons. The van der Waals surface area contributed by atoms with E-state index in [0.29, 0.717) is 0 Å². The van der Waals surface area contributed by atoms with E-state index in [1.54, 1.807) is 0 Å². The van der Waals surface area contributed by atoms with E-state index in [1.165, 1.54) is 42.5 Å². The van der Waals surface area contributed by atoms with E-state index in [-0.39, 0.29) is 0 Å². The quantitative estimate of drug-likeness (QED) is 0.598. The van der Waals surface area contributed by atoms with Gasteiger partial charge in [0.15, 0.2) is 0 Å². The van der Waals surface area contributed by atoms with Crippen LogP contribution in [0.2, 0.25) is 0 Å². The van der Waals surface area contributed by atoms with Crippen molar-refractivity contribution in [3.63, 3.8) is 0 Å². The number of para-hydroxylation sites is 1. The maximum absolute atomic E-state index is 5.79. The van der Waals surface area contributed by atoms with Gasteiger partial charge in [-0.05, 0) is 67.1 Å². The standard InChI is InChI=1S/C14H20INO/c15-13-7-2-3-8-14(13)17-12-6-11-16-9-4-1-5-10-16/h2-3,7-8H,1,4-6,9-12H2. The summed E-state index contributed by atoms with van der Waals surface area (Å²) in [6, 6.07) is 8.20. The van der Waals surface area contributed by atoms with Crippen LogP contribution in [0.5, 0.6) is 5.75 Å². The molecule has 1 heterocycles. The van der Waals surface area contributed by atoms with E-state index in [4.69, 9.17) is 4.74 Å². The van der Waals surface area contributed by atoms with Gasteiger partial charge in [0.25, 0.3) is 0 Å². The van der Waals surface area contributed by atoms with Gasteiger partial charge in [-0.3, -0.25) is 0 Å². The van der Waals surface area contributed by atoms with E-state index < -0.39 is 0 Å². The van der Waals surface area contributed by atoms with Crippen molar-refractivity contribution in [3.05, 3.63) is 27.8 Å². The Hall–Kier alpha value is -0.290. The smallest absolute Gasteiger partial charge is 0.132 e. The van der Waals surface area contributed by atoms with Crippen LogP contribution in [0.15, 0.2) is 24.3 Å². The second-order valence-electron chi connectivity index (χ2n) is 4.53. The van der Waals surface area contributed by atoms with E-state index in [2.05, 4.69) is 33.6 Å². The fourth-order valence-corrected chi connectivity index (χ4v) is 2.76. The molecule has 1 saturated heterocycles. The summed E-state index contributed by atoms with van der Waals surface area (Å²) in [5, 5.41) is 0. The molecule has 0 unspecified atom stereocenters. The summed E-state index contributed by atoms with van der Waals surface area (Å²) in [6.07, 6.45) is 5.29. The summed E-state index contributed by atoms with van der Waals surface area (Å²) in [5.74, 6) is 1.02. The highest BCUT2D eigenvalue weighted by Gasteiger charge is 2.09. The molecule has 3 heteroatoms. The average molecular weight is 345 g/mol.